The Kier molecular flexibility index (Phi) is 7.21. The predicted molar refractivity (Wildman–Crippen MR) is 101 cm³/mol. The molecule has 0 saturated carbocycles. The molecule has 2 aromatic carbocycles. The summed E-state index contributed by atoms with van der Waals surface area (Å²) in [7, 11) is 1.58. The van der Waals surface area contributed by atoms with E-state index in [1.165, 1.54) is 0 Å². The van der Waals surface area contributed by atoms with Gasteiger partial charge in [0.15, 0.2) is 6.61 Å². The normalized spacial score (nSPS) is 11.5. The van der Waals surface area contributed by atoms with E-state index in [0.717, 1.165) is 29.0 Å². The third-order valence-corrected chi connectivity index (χ3v) is 4.25. The molecular formula is C21H25NO4. The smallest absolute Gasteiger partial charge is 0.310 e. The van der Waals surface area contributed by atoms with Gasteiger partial charge in [-0.3, -0.25) is 9.59 Å². The number of hydrogen-bond acceptors (Lipinski definition) is 4. The van der Waals surface area contributed by atoms with Crippen molar-refractivity contribution in [2.45, 2.75) is 32.6 Å². The first-order valence-electron chi connectivity index (χ1n) is 8.70. The number of carbonyl (C=O) groups is 2. The zero-order valence-corrected chi connectivity index (χ0v) is 15.5. The zero-order chi connectivity index (χ0) is 18.9. The maximum absolute atomic E-state index is 12.1. The molecule has 0 spiro atoms. The van der Waals surface area contributed by atoms with Crippen LogP contribution in [0.15, 0.2) is 48.5 Å². The topological polar surface area (TPSA) is 64.6 Å². The number of rotatable bonds is 8. The molecule has 0 fully saturated rings. The number of amides is 1. The predicted octanol–water partition coefficient (Wildman–Crippen LogP) is 3.93. The first-order valence-corrected chi connectivity index (χ1v) is 8.70. The molecule has 1 amide bonds. The molecule has 138 valence electrons. The minimum Gasteiger partial charge on any atom is -0.497 e. The molecule has 1 N–H and O–H groups in total. The Balaban J connectivity index is 1.85. The average Bonchev–Trinajstić information content (AvgIpc) is 2.67. The van der Waals surface area contributed by atoms with Gasteiger partial charge in [-0.2, -0.15) is 0 Å². The lowest BCUT2D eigenvalue weighted by Crippen LogP contribution is -2.22. The lowest BCUT2D eigenvalue weighted by Gasteiger charge is -2.15. The summed E-state index contributed by atoms with van der Waals surface area (Å²) < 4.78 is 10.2. The largest absolute Gasteiger partial charge is 0.497 e. The average molecular weight is 355 g/mol. The van der Waals surface area contributed by atoms with Gasteiger partial charge in [-0.1, -0.05) is 44.2 Å². The molecule has 1 atom stereocenters. The summed E-state index contributed by atoms with van der Waals surface area (Å²) in [5, 5.41) is 2.83. The number of ether oxygens (including phenoxy) is 2. The molecule has 0 bridgehead atoms. The lowest BCUT2D eigenvalue weighted by molar-refractivity contribution is -0.146. The van der Waals surface area contributed by atoms with E-state index in [4.69, 9.17) is 9.47 Å². The fraction of sp³-hybridized carbons (Fsp3) is 0.333. The Morgan fingerprint density at radius 1 is 1.08 bits per heavy atom. The van der Waals surface area contributed by atoms with Crippen molar-refractivity contribution >= 4 is 17.6 Å². The van der Waals surface area contributed by atoms with Gasteiger partial charge in [0.05, 0.1) is 13.5 Å². The van der Waals surface area contributed by atoms with Crippen LogP contribution in [-0.4, -0.2) is 25.6 Å². The van der Waals surface area contributed by atoms with Gasteiger partial charge in [-0.15, -0.1) is 0 Å². The number of benzene rings is 2. The van der Waals surface area contributed by atoms with Crippen molar-refractivity contribution in [2.75, 3.05) is 19.0 Å². The van der Waals surface area contributed by atoms with Crippen molar-refractivity contribution < 1.29 is 19.1 Å². The first kappa shape index (κ1) is 19.5. The van der Waals surface area contributed by atoms with Crippen molar-refractivity contribution in [3.8, 4) is 5.75 Å². The van der Waals surface area contributed by atoms with Crippen molar-refractivity contribution in [3.05, 3.63) is 59.7 Å². The van der Waals surface area contributed by atoms with Crippen LogP contribution in [0, 0.1) is 0 Å². The van der Waals surface area contributed by atoms with Gasteiger partial charge in [0.25, 0.3) is 5.91 Å². The minimum atomic E-state index is -0.444. The van der Waals surface area contributed by atoms with Crippen LogP contribution >= 0.6 is 0 Å². The summed E-state index contributed by atoms with van der Waals surface area (Å²) in [5.41, 5.74) is 2.64. The summed E-state index contributed by atoms with van der Waals surface area (Å²) in [6.07, 6.45) is 1.09. The number of esters is 1. The van der Waals surface area contributed by atoms with Gasteiger partial charge < -0.3 is 14.8 Å². The Hall–Kier alpha value is -2.82. The second-order valence-electron chi connectivity index (χ2n) is 6.13. The fourth-order valence-electron chi connectivity index (χ4n) is 2.55. The summed E-state index contributed by atoms with van der Waals surface area (Å²) in [6.45, 7) is 3.91. The Morgan fingerprint density at radius 2 is 1.77 bits per heavy atom. The Bertz CT molecular complexity index is 740. The molecule has 0 aliphatic rings. The fourth-order valence-corrected chi connectivity index (χ4v) is 2.55. The van der Waals surface area contributed by atoms with Crippen LogP contribution in [0.5, 0.6) is 5.75 Å². The minimum absolute atomic E-state index is 0.112. The third-order valence-electron chi connectivity index (χ3n) is 4.25. The standard InChI is InChI=1S/C21H25NO4/c1-4-15(2)18-7-5-6-8-19(18)22-20(23)14-26-21(24)13-16-9-11-17(25-3)12-10-16/h5-12,15H,4,13-14H2,1-3H3,(H,22,23)/t15-/m1/s1. The van der Waals surface area contributed by atoms with Crippen LogP contribution in [0.2, 0.25) is 0 Å². The molecule has 0 radical (unpaired) electrons. The molecule has 5 nitrogen and oxygen atoms in total. The van der Waals surface area contributed by atoms with E-state index in [2.05, 4.69) is 19.2 Å². The van der Waals surface area contributed by atoms with Crippen LogP contribution in [-0.2, 0) is 20.7 Å². The number of methoxy groups -OCH3 is 1. The number of carbonyl (C=O) groups excluding carboxylic acids is 2. The summed E-state index contributed by atoms with van der Waals surface area (Å²) in [5.74, 6) is 0.273. The zero-order valence-electron chi connectivity index (χ0n) is 15.5. The first-order chi connectivity index (χ1) is 12.5. The molecule has 26 heavy (non-hydrogen) atoms. The van der Waals surface area contributed by atoms with E-state index in [1.54, 1.807) is 31.4 Å². The lowest BCUT2D eigenvalue weighted by atomic mass is 9.97. The third kappa shape index (κ3) is 5.62. The Labute approximate surface area is 154 Å². The van der Waals surface area contributed by atoms with Crippen molar-refractivity contribution in [2.24, 2.45) is 0 Å². The quantitative estimate of drug-likeness (QED) is 0.729. The molecule has 2 aromatic rings. The highest BCUT2D eigenvalue weighted by Crippen LogP contribution is 2.26. The van der Waals surface area contributed by atoms with Gasteiger partial charge in [0.2, 0.25) is 0 Å². The molecule has 0 aliphatic heterocycles. The van der Waals surface area contributed by atoms with E-state index in [1.807, 2.05) is 24.3 Å². The van der Waals surface area contributed by atoms with E-state index in [-0.39, 0.29) is 18.9 Å². The van der Waals surface area contributed by atoms with Crippen LogP contribution in [0.25, 0.3) is 0 Å². The highest BCUT2D eigenvalue weighted by atomic mass is 16.5. The van der Waals surface area contributed by atoms with Crippen LogP contribution < -0.4 is 10.1 Å². The van der Waals surface area contributed by atoms with Crippen LogP contribution in [0.1, 0.15) is 37.3 Å². The van der Waals surface area contributed by atoms with Crippen LogP contribution in [0.4, 0.5) is 5.69 Å². The Morgan fingerprint density at radius 3 is 2.42 bits per heavy atom. The molecule has 0 aliphatic carbocycles. The molecule has 0 aromatic heterocycles. The van der Waals surface area contributed by atoms with E-state index in [9.17, 15) is 9.59 Å². The van der Waals surface area contributed by atoms with Crippen LogP contribution in [0.3, 0.4) is 0 Å². The van der Waals surface area contributed by atoms with Gasteiger partial charge in [-0.05, 0) is 41.7 Å². The second kappa shape index (κ2) is 9.61. The maximum atomic E-state index is 12.1. The number of hydrogen-bond donors (Lipinski definition) is 1. The van der Waals surface area contributed by atoms with Gasteiger partial charge in [0, 0.05) is 5.69 Å². The molecule has 2 rings (SSSR count). The summed E-state index contributed by atoms with van der Waals surface area (Å²) in [4.78, 5) is 24.0. The molecule has 5 heteroatoms. The molecular weight excluding hydrogens is 330 g/mol. The van der Waals surface area contributed by atoms with E-state index in [0.29, 0.717) is 5.92 Å². The molecule has 0 heterocycles. The van der Waals surface area contributed by atoms with Crippen molar-refractivity contribution in [3.63, 3.8) is 0 Å². The van der Waals surface area contributed by atoms with Crippen molar-refractivity contribution in [1.29, 1.82) is 0 Å². The van der Waals surface area contributed by atoms with Gasteiger partial charge in [-0.25, -0.2) is 0 Å². The number of anilines is 1. The number of para-hydroxylation sites is 1. The molecule has 0 unspecified atom stereocenters. The highest BCUT2D eigenvalue weighted by Gasteiger charge is 2.13. The van der Waals surface area contributed by atoms with Crippen molar-refractivity contribution in [1.82, 2.24) is 0 Å². The van der Waals surface area contributed by atoms with Gasteiger partial charge >= 0.3 is 5.97 Å². The van der Waals surface area contributed by atoms with E-state index < -0.39 is 5.97 Å². The van der Waals surface area contributed by atoms with Gasteiger partial charge in [0.1, 0.15) is 5.75 Å². The van der Waals surface area contributed by atoms with E-state index >= 15 is 0 Å². The monoisotopic (exact) mass is 355 g/mol. The summed E-state index contributed by atoms with van der Waals surface area (Å²) in [6, 6.07) is 14.8. The highest BCUT2D eigenvalue weighted by molar-refractivity contribution is 5.93. The summed E-state index contributed by atoms with van der Waals surface area (Å²) >= 11 is 0. The number of nitrogens with one attached hydrogen (secondary N) is 1. The second-order valence-corrected chi connectivity index (χ2v) is 6.13. The molecule has 0 saturated heterocycles. The SMILES string of the molecule is CC[C@@H](C)c1ccccc1NC(=O)COC(=O)Cc1ccc(OC)cc1. The maximum Gasteiger partial charge on any atom is 0.310 e.